The molecule has 0 unspecified atom stereocenters. The Morgan fingerprint density at radius 3 is 2.27 bits per heavy atom. The van der Waals surface area contributed by atoms with E-state index in [1.54, 1.807) is 0 Å². The Labute approximate surface area is 330 Å². The fourth-order valence-electron chi connectivity index (χ4n) is 8.43. The van der Waals surface area contributed by atoms with Gasteiger partial charge in [0, 0.05) is 66.7 Å². The average Bonchev–Trinajstić information content (AvgIpc) is 3.40. The van der Waals surface area contributed by atoms with Gasteiger partial charge < -0.3 is 9.80 Å². The van der Waals surface area contributed by atoms with E-state index in [1.807, 2.05) is 6.07 Å². The van der Waals surface area contributed by atoms with Crippen LogP contribution in [0.1, 0.15) is 70.6 Å². The minimum Gasteiger partial charge on any atom is -0.368 e. The highest BCUT2D eigenvalue weighted by Crippen LogP contribution is 2.48. The summed E-state index contributed by atoms with van der Waals surface area (Å²) in [5.74, 6) is 0. The summed E-state index contributed by atoms with van der Waals surface area (Å²) in [6.07, 6.45) is 11.4. The first kappa shape index (κ1) is 40.3. The highest BCUT2D eigenvalue weighted by molar-refractivity contribution is 7.89. The molecule has 6 rings (SSSR count). The van der Waals surface area contributed by atoms with Gasteiger partial charge in [-0.15, -0.1) is 0 Å². The van der Waals surface area contributed by atoms with Gasteiger partial charge in [0.1, 0.15) is 0 Å². The van der Waals surface area contributed by atoms with Crippen LogP contribution in [0.4, 0.5) is 17.1 Å². The van der Waals surface area contributed by atoms with Crippen molar-refractivity contribution in [3.8, 4) is 0 Å². The number of para-hydroxylation sites is 1. The number of hydrogen-bond donors (Lipinski definition) is 0. The van der Waals surface area contributed by atoms with Gasteiger partial charge in [0.15, 0.2) is 4.90 Å². The van der Waals surface area contributed by atoms with Crippen molar-refractivity contribution in [2.75, 3.05) is 37.6 Å². The maximum atomic E-state index is 13.9. The number of nitro groups is 2. The molecule has 2 aliphatic heterocycles. The maximum Gasteiger partial charge on any atom is 0.296 e. The van der Waals surface area contributed by atoms with E-state index in [2.05, 4.69) is 125 Å². The van der Waals surface area contributed by atoms with E-state index >= 15 is 0 Å². The molecule has 12 heteroatoms. The number of piperazine rings is 1. The Kier molecular flexibility index (Phi) is 11.3. The molecule has 1 aliphatic carbocycles. The fourth-order valence-corrected chi connectivity index (χ4v) is 9.99. The van der Waals surface area contributed by atoms with E-state index in [1.165, 1.54) is 32.4 Å². The van der Waals surface area contributed by atoms with Crippen LogP contribution in [0.15, 0.2) is 131 Å². The number of non-ortho nitro benzene ring substituents is 1. The van der Waals surface area contributed by atoms with E-state index in [9.17, 15) is 28.6 Å². The largest absolute Gasteiger partial charge is 0.368 e. The Balaban J connectivity index is 1.37. The molecule has 56 heavy (non-hydrogen) atoms. The quantitative estimate of drug-likeness (QED) is 0.107. The molecule has 2 heterocycles. The van der Waals surface area contributed by atoms with Gasteiger partial charge >= 0.3 is 0 Å². The first-order chi connectivity index (χ1) is 26.5. The van der Waals surface area contributed by atoms with Crippen molar-refractivity contribution in [1.29, 1.82) is 0 Å². The number of fused-ring (bicyclic) bond motifs is 1. The van der Waals surface area contributed by atoms with Crippen molar-refractivity contribution >= 4 is 27.1 Å². The highest BCUT2D eigenvalue weighted by Gasteiger charge is 2.40. The summed E-state index contributed by atoms with van der Waals surface area (Å²) >= 11 is 0. The lowest BCUT2D eigenvalue weighted by Gasteiger charge is -2.39. The topological polar surface area (TPSA) is 130 Å². The summed E-state index contributed by atoms with van der Waals surface area (Å²) in [5, 5.41) is 23.2. The summed E-state index contributed by atoms with van der Waals surface area (Å²) in [6, 6.07) is 19.6. The monoisotopic (exact) mass is 777 g/mol. The lowest BCUT2D eigenvalue weighted by molar-refractivity contribution is -0.396. The molecule has 3 aromatic rings. The van der Waals surface area contributed by atoms with E-state index in [0.717, 1.165) is 60.4 Å². The smallest absolute Gasteiger partial charge is 0.296 e. The van der Waals surface area contributed by atoms with Crippen LogP contribution in [-0.4, -0.2) is 60.2 Å². The minimum absolute atomic E-state index is 0.0876. The van der Waals surface area contributed by atoms with E-state index in [-0.39, 0.29) is 23.9 Å². The zero-order valence-corrected chi connectivity index (χ0v) is 33.9. The van der Waals surface area contributed by atoms with Crippen molar-refractivity contribution in [3.05, 3.63) is 163 Å². The number of nitro benzene ring substituents is 2. The van der Waals surface area contributed by atoms with Crippen LogP contribution in [-0.2, 0) is 20.9 Å². The Morgan fingerprint density at radius 1 is 0.929 bits per heavy atom. The van der Waals surface area contributed by atoms with Gasteiger partial charge in [-0.2, -0.15) is 4.31 Å². The molecule has 0 atom stereocenters. The number of nitrogens with zero attached hydrogens (tertiary/aromatic N) is 5. The standard InChI is InChI=1S/C44H51N5O6S/c1-8-47-38-19-12-11-18-37(38)44(6,7)41(47)25-22-34-16-13-15-33(21-20-32(3)43(4,5)36-17-10-9-14-31(36)2)42(34)45-26-28-46(29-27-45)56(54,55)40-24-23-35(48(50)51)30-39(40)49(52)53/h9-12,14,17-25,30H,3,8,13,15-16,26-29H2,1-2,4-7H3/b21-20+,34-22+,41-25+. The lowest BCUT2D eigenvalue weighted by Crippen LogP contribution is -2.48. The molecule has 0 N–H and O–H groups in total. The number of hydrogen-bond acceptors (Lipinski definition) is 8. The Bertz CT molecular complexity index is 2310. The molecule has 0 bridgehead atoms. The van der Waals surface area contributed by atoms with Gasteiger partial charge in [0.2, 0.25) is 10.0 Å². The summed E-state index contributed by atoms with van der Waals surface area (Å²) in [6.45, 7) is 19.4. The Morgan fingerprint density at radius 2 is 1.61 bits per heavy atom. The molecule has 0 spiro atoms. The zero-order valence-electron chi connectivity index (χ0n) is 33.1. The number of benzene rings is 3. The van der Waals surface area contributed by atoms with Gasteiger partial charge in [-0.3, -0.25) is 20.2 Å². The van der Waals surface area contributed by atoms with Gasteiger partial charge in [-0.1, -0.05) is 95.0 Å². The maximum absolute atomic E-state index is 13.9. The molecular formula is C44H51N5O6S. The molecule has 1 saturated heterocycles. The summed E-state index contributed by atoms with van der Waals surface area (Å²) < 4.78 is 29.0. The van der Waals surface area contributed by atoms with E-state index < -0.39 is 36.1 Å². The van der Waals surface area contributed by atoms with Gasteiger partial charge in [0.05, 0.1) is 15.9 Å². The third-order valence-electron chi connectivity index (χ3n) is 11.7. The van der Waals surface area contributed by atoms with Crippen LogP contribution in [0.5, 0.6) is 0 Å². The van der Waals surface area contributed by atoms with E-state index in [0.29, 0.717) is 19.2 Å². The predicted molar refractivity (Wildman–Crippen MR) is 222 cm³/mol. The third-order valence-corrected chi connectivity index (χ3v) is 13.6. The molecule has 0 amide bonds. The molecule has 1 fully saturated rings. The second-order valence-corrected chi connectivity index (χ2v) is 17.6. The van der Waals surface area contributed by atoms with Crippen LogP contribution in [0, 0.1) is 27.2 Å². The van der Waals surface area contributed by atoms with E-state index in [4.69, 9.17) is 0 Å². The summed E-state index contributed by atoms with van der Waals surface area (Å²) in [7, 11) is -4.33. The van der Waals surface area contributed by atoms with Gasteiger partial charge in [-0.05, 0) is 84.7 Å². The SMILES string of the molecule is C=C(/C=C/C1=C(N2CCN(S(=O)(=O)c3ccc([N+](=O)[O-])cc3[N+](=O)[O-])CC2)C(=C/C=C2/N(CC)c3ccccc3C2(C)C)/CCC1)C(C)(C)c1ccccc1C. The first-order valence-corrected chi connectivity index (χ1v) is 20.6. The van der Waals surface area contributed by atoms with Crippen molar-refractivity contribution < 1.29 is 18.3 Å². The summed E-state index contributed by atoms with van der Waals surface area (Å²) in [5.41, 5.74) is 8.61. The van der Waals surface area contributed by atoms with Crippen molar-refractivity contribution in [2.24, 2.45) is 0 Å². The number of anilines is 1. The normalized spacial score (nSPS) is 19.2. The van der Waals surface area contributed by atoms with Crippen LogP contribution in [0.25, 0.3) is 0 Å². The first-order valence-electron chi connectivity index (χ1n) is 19.1. The van der Waals surface area contributed by atoms with Gasteiger partial charge in [-0.25, -0.2) is 8.42 Å². The number of aryl methyl sites for hydroxylation is 1. The predicted octanol–water partition coefficient (Wildman–Crippen LogP) is 9.27. The molecule has 0 saturated carbocycles. The molecule has 3 aliphatic rings. The van der Waals surface area contributed by atoms with Gasteiger partial charge in [0.25, 0.3) is 11.4 Å². The summed E-state index contributed by atoms with van der Waals surface area (Å²) in [4.78, 5) is 25.6. The number of allylic oxidation sites excluding steroid dienone is 8. The number of sulfonamides is 1. The van der Waals surface area contributed by atoms with Crippen LogP contribution in [0.3, 0.4) is 0 Å². The molecule has 294 valence electrons. The fraction of sp³-hybridized carbons (Fsp3) is 0.364. The second-order valence-electron chi connectivity index (χ2n) is 15.7. The molecule has 0 aromatic heterocycles. The second kappa shape index (κ2) is 15.7. The minimum atomic E-state index is -4.33. The number of rotatable bonds is 11. The van der Waals surface area contributed by atoms with Crippen molar-refractivity contribution in [3.63, 3.8) is 0 Å². The lowest BCUT2D eigenvalue weighted by atomic mass is 9.76. The third kappa shape index (κ3) is 7.47. The van der Waals surface area contributed by atoms with Crippen LogP contribution < -0.4 is 4.90 Å². The molecule has 3 aromatic carbocycles. The van der Waals surface area contributed by atoms with Crippen molar-refractivity contribution in [1.82, 2.24) is 9.21 Å². The average molecular weight is 778 g/mol. The molecule has 11 nitrogen and oxygen atoms in total. The molecular weight excluding hydrogens is 727 g/mol. The Hall–Kier alpha value is -5.33. The highest BCUT2D eigenvalue weighted by atomic mass is 32.2. The zero-order chi connectivity index (χ0) is 40.6. The van der Waals surface area contributed by atoms with Crippen LogP contribution >= 0.6 is 0 Å². The molecule has 0 radical (unpaired) electrons. The van der Waals surface area contributed by atoms with Crippen molar-refractivity contribution in [2.45, 2.75) is 76.5 Å². The van der Waals surface area contributed by atoms with Crippen LogP contribution in [0.2, 0.25) is 0 Å². The number of likely N-dealkylation sites (N-methyl/N-ethyl adjacent to an activating group) is 1.